The predicted molar refractivity (Wildman–Crippen MR) is 35.0 cm³/mol. The topological polar surface area (TPSA) is 29.1 Å². The van der Waals surface area contributed by atoms with Crippen LogP contribution in [0, 0.1) is 11.7 Å². The Bertz CT molecular complexity index is 133. The minimum absolute atomic E-state index is 0.0345. The van der Waals surface area contributed by atoms with Gasteiger partial charge in [0.2, 0.25) is 5.91 Å². The van der Waals surface area contributed by atoms with Crippen molar-refractivity contribution in [2.24, 2.45) is 0 Å². The van der Waals surface area contributed by atoms with Gasteiger partial charge in [0.1, 0.15) is 0 Å². The van der Waals surface area contributed by atoms with Crippen molar-refractivity contribution in [3.05, 3.63) is 0 Å². The van der Waals surface area contributed by atoms with Crippen molar-refractivity contribution in [1.82, 2.24) is 5.32 Å². The Kier molecular flexibility index (Phi) is 3.78. The molecule has 0 aliphatic rings. The zero-order valence-corrected chi connectivity index (χ0v) is 5.12. The van der Waals surface area contributed by atoms with E-state index in [2.05, 4.69) is 17.1 Å². The first-order valence-corrected chi connectivity index (χ1v) is 2.41. The van der Waals surface area contributed by atoms with E-state index >= 15 is 0 Å². The summed E-state index contributed by atoms with van der Waals surface area (Å²) < 4.78 is 0. The SMILES string of the molecule is BC#CCNC(C)=O. The van der Waals surface area contributed by atoms with Crippen LogP contribution < -0.4 is 5.32 Å². The molecule has 0 saturated heterocycles. The van der Waals surface area contributed by atoms with Crippen LogP contribution in [0.25, 0.3) is 0 Å². The first-order valence-electron chi connectivity index (χ1n) is 2.41. The summed E-state index contributed by atoms with van der Waals surface area (Å²) in [6.07, 6.45) is 0. The van der Waals surface area contributed by atoms with Crippen molar-refractivity contribution in [3.63, 3.8) is 0 Å². The predicted octanol–water partition coefficient (Wildman–Crippen LogP) is -1.28. The van der Waals surface area contributed by atoms with E-state index in [-0.39, 0.29) is 5.91 Å². The van der Waals surface area contributed by atoms with Gasteiger partial charge in [-0.15, -0.1) is 0 Å². The lowest BCUT2D eigenvalue weighted by atomic mass is 10.2. The summed E-state index contributed by atoms with van der Waals surface area (Å²) in [7, 11) is 1.74. The van der Waals surface area contributed by atoms with Crippen LogP contribution >= 0.6 is 0 Å². The monoisotopic (exact) mass is 109 g/mol. The molecule has 3 heteroatoms. The lowest BCUT2D eigenvalue weighted by Crippen LogP contribution is -2.19. The number of carbonyl (C=O) groups excluding carboxylic acids is 1. The number of hydrogen-bond donors (Lipinski definition) is 1. The fourth-order valence-electron chi connectivity index (χ4n) is 0.257. The minimum atomic E-state index is -0.0345. The molecule has 0 saturated carbocycles. The molecule has 0 fully saturated rings. The fraction of sp³-hybridized carbons (Fsp3) is 0.400. The van der Waals surface area contributed by atoms with E-state index in [4.69, 9.17) is 0 Å². The van der Waals surface area contributed by atoms with Gasteiger partial charge in [0.05, 0.1) is 6.54 Å². The molecule has 42 valence electrons. The van der Waals surface area contributed by atoms with Gasteiger partial charge in [-0.1, -0.05) is 5.92 Å². The quantitative estimate of drug-likeness (QED) is 0.329. The summed E-state index contributed by atoms with van der Waals surface area (Å²) in [4.78, 5) is 10.1. The van der Waals surface area contributed by atoms with Crippen LogP contribution in [-0.2, 0) is 4.79 Å². The molecule has 0 aliphatic heterocycles. The maximum Gasteiger partial charge on any atom is 0.217 e. The Labute approximate surface area is 50.1 Å². The molecule has 0 atom stereocenters. The van der Waals surface area contributed by atoms with Crippen LogP contribution in [0.4, 0.5) is 0 Å². The van der Waals surface area contributed by atoms with Gasteiger partial charge in [-0.25, -0.2) is 0 Å². The summed E-state index contributed by atoms with van der Waals surface area (Å²) in [5.74, 6) is 5.32. The van der Waals surface area contributed by atoms with E-state index < -0.39 is 0 Å². The van der Waals surface area contributed by atoms with Crippen molar-refractivity contribution in [1.29, 1.82) is 0 Å². The molecule has 0 aromatic rings. The van der Waals surface area contributed by atoms with Crippen LogP contribution in [0.1, 0.15) is 6.92 Å². The molecule has 0 aliphatic carbocycles. The summed E-state index contributed by atoms with van der Waals surface area (Å²) in [6, 6.07) is 0. The second-order valence-corrected chi connectivity index (χ2v) is 1.34. The van der Waals surface area contributed by atoms with Gasteiger partial charge in [-0.05, 0) is 0 Å². The third-order valence-electron chi connectivity index (χ3n) is 0.602. The van der Waals surface area contributed by atoms with Crippen molar-refractivity contribution < 1.29 is 4.79 Å². The smallest absolute Gasteiger partial charge is 0.217 e. The summed E-state index contributed by atoms with van der Waals surface area (Å²) in [5.41, 5.74) is 0. The summed E-state index contributed by atoms with van der Waals surface area (Å²) in [6.45, 7) is 1.93. The number of amides is 1. The molecule has 0 unspecified atom stereocenters. The van der Waals surface area contributed by atoms with E-state index in [1.54, 1.807) is 7.85 Å². The highest BCUT2D eigenvalue weighted by atomic mass is 16.1. The molecule has 0 aromatic heterocycles. The van der Waals surface area contributed by atoms with Crippen molar-refractivity contribution in [2.45, 2.75) is 6.92 Å². The molecule has 0 aromatic carbocycles. The number of rotatable bonds is 1. The second-order valence-electron chi connectivity index (χ2n) is 1.34. The standard InChI is InChI=1S/C5H8BNO/c1-5(8)7-4-2-3-6/h4,6H2,1H3,(H,7,8). The van der Waals surface area contributed by atoms with Gasteiger partial charge in [-0.3, -0.25) is 4.79 Å². The average molecular weight is 109 g/mol. The molecular formula is C5H8BNO. The lowest BCUT2D eigenvalue weighted by molar-refractivity contribution is -0.118. The highest BCUT2D eigenvalue weighted by Gasteiger charge is 1.81. The van der Waals surface area contributed by atoms with Gasteiger partial charge in [-0.2, -0.15) is 5.82 Å². The summed E-state index contributed by atoms with van der Waals surface area (Å²) >= 11 is 0. The summed E-state index contributed by atoms with van der Waals surface area (Å²) in [5, 5.41) is 2.53. The van der Waals surface area contributed by atoms with Crippen LogP contribution in [0.2, 0.25) is 0 Å². The van der Waals surface area contributed by atoms with Gasteiger partial charge in [0.25, 0.3) is 0 Å². The van der Waals surface area contributed by atoms with E-state index in [9.17, 15) is 4.79 Å². The zero-order chi connectivity index (χ0) is 6.41. The van der Waals surface area contributed by atoms with Gasteiger partial charge < -0.3 is 5.32 Å². The minimum Gasteiger partial charge on any atom is -0.345 e. The zero-order valence-electron chi connectivity index (χ0n) is 5.12. The molecule has 0 spiro atoms. The highest BCUT2D eigenvalue weighted by Crippen LogP contribution is 1.56. The lowest BCUT2D eigenvalue weighted by Gasteiger charge is -1.89. The fourth-order valence-corrected chi connectivity index (χ4v) is 0.257. The molecule has 0 radical (unpaired) electrons. The molecule has 8 heavy (non-hydrogen) atoms. The van der Waals surface area contributed by atoms with Gasteiger partial charge in [0, 0.05) is 6.92 Å². The van der Waals surface area contributed by atoms with Crippen LogP contribution in [0.3, 0.4) is 0 Å². The van der Waals surface area contributed by atoms with Crippen LogP contribution in [0.5, 0.6) is 0 Å². The number of nitrogens with one attached hydrogen (secondary N) is 1. The molecule has 2 nitrogen and oxygen atoms in total. The third-order valence-corrected chi connectivity index (χ3v) is 0.602. The molecule has 0 rings (SSSR count). The van der Waals surface area contributed by atoms with E-state index in [0.717, 1.165) is 0 Å². The average Bonchev–Trinajstić information content (AvgIpc) is 1.66. The maximum atomic E-state index is 10.1. The largest absolute Gasteiger partial charge is 0.345 e. The van der Waals surface area contributed by atoms with E-state index in [1.165, 1.54) is 6.92 Å². The Balaban J connectivity index is 3.14. The Morgan fingerprint density at radius 2 is 2.50 bits per heavy atom. The molecule has 0 heterocycles. The number of hydrogen-bond acceptors (Lipinski definition) is 1. The second kappa shape index (κ2) is 4.26. The van der Waals surface area contributed by atoms with Gasteiger partial charge >= 0.3 is 0 Å². The van der Waals surface area contributed by atoms with Crippen LogP contribution in [-0.4, -0.2) is 20.3 Å². The maximum absolute atomic E-state index is 10.1. The van der Waals surface area contributed by atoms with E-state index in [1.807, 2.05) is 0 Å². The van der Waals surface area contributed by atoms with E-state index in [0.29, 0.717) is 6.54 Å². The van der Waals surface area contributed by atoms with Crippen molar-refractivity contribution in [3.8, 4) is 11.7 Å². The Morgan fingerprint density at radius 3 is 2.88 bits per heavy atom. The molecule has 1 amide bonds. The first-order chi connectivity index (χ1) is 3.77. The van der Waals surface area contributed by atoms with Crippen LogP contribution in [0.15, 0.2) is 0 Å². The molecule has 1 N–H and O–H groups in total. The van der Waals surface area contributed by atoms with Gasteiger partial charge in [0.15, 0.2) is 7.85 Å². The molecular weight excluding hydrogens is 101 g/mol. The first kappa shape index (κ1) is 7.09. The highest BCUT2D eigenvalue weighted by molar-refractivity contribution is 6.22. The van der Waals surface area contributed by atoms with Crippen molar-refractivity contribution >= 4 is 13.8 Å². The molecule has 0 bridgehead atoms. The third kappa shape index (κ3) is 5.09. The normalized spacial score (nSPS) is 6.62. The number of carbonyl (C=O) groups is 1. The Morgan fingerprint density at radius 1 is 1.88 bits per heavy atom. The van der Waals surface area contributed by atoms with Crippen molar-refractivity contribution in [2.75, 3.05) is 6.54 Å². The Hall–Kier alpha value is -0.905.